The summed E-state index contributed by atoms with van der Waals surface area (Å²) < 4.78 is 0. The Morgan fingerprint density at radius 2 is 2.27 bits per heavy atom. The van der Waals surface area contributed by atoms with Gasteiger partial charge in [0.15, 0.2) is 0 Å². The molecule has 0 saturated carbocycles. The predicted octanol–water partition coefficient (Wildman–Crippen LogP) is 1.32. The highest BCUT2D eigenvalue weighted by atomic mass is 35.5. The summed E-state index contributed by atoms with van der Waals surface area (Å²) >= 11 is 5.76. The molecule has 2 heterocycles. The largest absolute Gasteiger partial charge is 0.335 e. The predicted molar refractivity (Wildman–Crippen MR) is 61.3 cm³/mol. The van der Waals surface area contributed by atoms with Gasteiger partial charge in [0.25, 0.3) is 0 Å². The van der Waals surface area contributed by atoms with Crippen LogP contribution in [-0.4, -0.2) is 35.6 Å². The summed E-state index contributed by atoms with van der Waals surface area (Å²) in [5, 5.41) is 3.96. The van der Waals surface area contributed by atoms with E-state index in [1.807, 2.05) is 0 Å². The van der Waals surface area contributed by atoms with Gasteiger partial charge in [0.1, 0.15) is 0 Å². The smallest absolute Gasteiger partial charge is 0.225 e. The zero-order valence-corrected chi connectivity index (χ0v) is 9.54. The van der Waals surface area contributed by atoms with Crippen molar-refractivity contribution in [2.24, 2.45) is 0 Å². The van der Waals surface area contributed by atoms with Crippen LogP contribution in [0, 0.1) is 0 Å². The molecule has 4 nitrogen and oxygen atoms in total. The van der Waals surface area contributed by atoms with E-state index in [1.165, 1.54) is 0 Å². The van der Waals surface area contributed by atoms with Crippen molar-refractivity contribution in [1.82, 2.24) is 15.3 Å². The summed E-state index contributed by atoms with van der Waals surface area (Å²) in [5.41, 5.74) is 0. The van der Waals surface area contributed by atoms with E-state index >= 15 is 0 Å². The molecule has 1 aromatic heterocycles. The van der Waals surface area contributed by atoms with E-state index in [4.69, 9.17) is 11.6 Å². The minimum absolute atomic E-state index is 0.486. The summed E-state index contributed by atoms with van der Waals surface area (Å²) in [6.07, 6.45) is 4.40. The molecule has 0 aromatic carbocycles. The summed E-state index contributed by atoms with van der Waals surface area (Å²) in [4.78, 5) is 10.8. The molecule has 0 spiro atoms. The first-order valence-corrected chi connectivity index (χ1v) is 5.64. The molecule has 1 aromatic rings. The zero-order valence-electron chi connectivity index (χ0n) is 8.78. The highest BCUT2D eigenvalue weighted by molar-refractivity contribution is 6.30. The maximum Gasteiger partial charge on any atom is 0.225 e. The second-order valence-electron chi connectivity index (χ2n) is 3.66. The topological polar surface area (TPSA) is 41.0 Å². The van der Waals surface area contributed by atoms with E-state index < -0.39 is 0 Å². The number of piperazine rings is 1. The number of halogens is 1. The third-order valence-corrected chi connectivity index (χ3v) is 2.88. The van der Waals surface area contributed by atoms with E-state index in [1.54, 1.807) is 12.4 Å². The Balaban J connectivity index is 2.16. The lowest BCUT2D eigenvalue weighted by Crippen LogP contribution is -2.51. The number of nitrogens with one attached hydrogen (secondary N) is 1. The summed E-state index contributed by atoms with van der Waals surface area (Å²) in [7, 11) is 0. The lowest BCUT2D eigenvalue weighted by Gasteiger charge is -2.35. The quantitative estimate of drug-likeness (QED) is 0.826. The molecule has 15 heavy (non-hydrogen) atoms. The van der Waals surface area contributed by atoms with Crippen LogP contribution in [0.15, 0.2) is 12.4 Å². The minimum Gasteiger partial charge on any atom is -0.335 e. The molecule has 0 bridgehead atoms. The van der Waals surface area contributed by atoms with E-state index in [9.17, 15) is 0 Å². The third kappa shape index (κ3) is 2.38. The lowest BCUT2D eigenvalue weighted by atomic mass is 10.1. The van der Waals surface area contributed by atoms with Crippen LogP contribution in [-0.2, 0) is 0 Å². The van der Waals surface area contributed by atoms with Crippen molar-refractivity contribution >= 4 is 17.5 Å². The molecule has 2 rings (SSSR count). The Bertz CT molecular complexity index is 314. The maximum atomic E-state index is 5.76. The fourth-order valence-electron chi connectivity index (χ4n) is 1.84. The first kappa shape index (κ1) is 10.6. The summed E-state index contributed by atoms with van der Waals surface area (Å²) in [6.45, 7) is 5.13. The Labute approximate surface area is 94.7 Å². The van der Waals surface area contributed by atoms with Crippen molar-refractivity contribution in [3.8, 4) is 0 Å². The van der Waals surface area contributed by atoms with Crippen molar-refractivity contribution in [1.29, 1.82) is 0 Å². The fourth-order valence-corrected chi connectivity index (χ4v) is 1.94. The molecule has 1 aliphatic heterocycles. The summed E-state index contributed by atoms with van der Waals surface area (Å²) in [5.74, 6) is 0.785. The van der Waals surface area contributed by atoms with Gasteiger partial charge >= 0.3 is 0 Å². The SMILES string of the molecule is CCC1CNCCN1c1ncc(Cl)cn1. The number of rotatable bonds is 2. The van der Waals surface area contributed by atoms with Crippen LogP contribution in [0.5, 0.6) is 0 Å². The minimum atomic E-state index is 0.486. The third-order valence-electron chi connectivity index (χ3n) is 2.69. The van der Waals surface area contributed by atoms with Crippen LogP contribution in [0.2, 0.25) is 5.02 Å². The van der Waals surface area contributed by atoms with Gasteiger partial charge in [-0.05, 0) is 6.42 Å². The molecule has 82 valence electrons. The molecule has 0 radical (unpaired) electrons. The van der Waals surface area contributed by atoms with E-state index in [0.29, 0.717) is 11.1 Å². The van der Waals surface area contributed by atoms with Gasteiger partial charge in [-0.3, -0.25) is 0 Å². The lowest BCUT2D eigenvalue weighted by molar-refractivity contribution is 0.459. The second-order valence-corrected chi connectivity index (χ2v) is 4.10. The van der Waals surface area contributed by atoms with Gasteiger partial charge in [-0.25, -0.2) is 9.97 Å². The standard InChI is InChI=1S/C10H15ClN4/c1-2-9-7-12-3-4-15(9)10-13-5-8(11)6-14-10/h5-6,9,12H,2-4,7H2,1H3. The Morgan fingerprint density at radius 1 is 1.53 bits per heavy atom. The molecular weight excluding hydrogens is 212 g/mol. The van der Waals surface area contributed by atoms with Gasteiger partial charge < -0.3 is 10.2 Å². The first-order chi connectivity index (χ1) is 7.31. The van der Waals surface area contributed by atoms with Gasteiger partial charge in [-0.1, -0.05) is 18.5 Å². The molecule has 1 atom stereocenters. The van der Waals surface area contributed by atoms with Crippen LogP contribution in [0.1, 0.15) is 13.3 Å². The maximum absolute atomic E-state index is 5.76. The van der Waals surface area contributed by atoms with Crippen molar-refractivity contribution in [2.45, 2.75) is 19.4 Å². The number of aromatic nitrogens is 2. The van der Waals surface area contributed by atoms with Gasteiger partial charge in [-0.15, -0.1) is 0 Å². The molecule has 0 aliphatic carbocycles. The molecule has 1 saturated heterocycles. The van der Waals surface area contributed by atoms with Crippen molar-refractivity contribution in [3.63, 3.8) is 0 Å². The van der Waals surface area contributed by atoms with Gasteiger partial charge in [-0.2, -0.15) is 0 Å². The van der Waals surface area contributed by atoms with E-state index in [0.717, 1.165) is 32.0 Å². The highest BCUT2D eigenvalue weighted by Crippen LogP contribution is 2.16. The number of anilines is 1. The second kappa shape index (κ2) is 4.77. The highest BCUT2D eigenvalue weighted by Gasteiger charge is 2.22. The average Bonchev–Trinajstić information content (AvgIpc) is 2.30. The van der Waals surface area contributed by atoms with Gasteiger partial charge in [0.2, 0.25) is 5.95 Å². The Hall–Kier alpha value is -0.870. The van der Waals surface area contributed by atoms with Gasteiger partial charge in [0.05, 0.1) is 17.4 Å². The molecule has 0 amide bonds. The van der Waals surface area contributed by atoms with E-state index in [2.05, 4.69) is 27.1 Å². The van der Waals surface area contributed by atoms with Crippen molar-refractivity contribution in [3.05, 3.63) is 17.4 Å². The fraction of sp³-hybridized carbons (Fsp3) is 0.600. The average molecular weight is 227 g/mol. The monoisotopic (exact) mass is 226 g/mol. The van der Waals surface area contributed by atoms with E-state index in [-0.39, 0.29) is 0 Å². The Morgan fingerprint density at radius 3 is 2.93 bits per heavy atom. The van der Waals surface area contributed by atoms with Crippen LogP contribution in [0.4, 0.5) is 5.95 Å². The van der Waals surface area contributed by atoms with Gasteiger partial charge in [0, 0.05) is 25.7 Å². The van der Waals surface area contributed by atoms with Crippen molar-refractivity contribution in [2.75, 3.05) is 24.5 Å². The van der Waals surface area contributed by atoms with Crippen LogP contribution in [0.25, 0.3) is 0 Å². The molecule has 1 fully saturated rings. The summed E-state index contributed by atoms with van der Waals surface area (Å²) in [6, 6.07) is 0.486. The van der Waals surface area contributed by atoms with Crippen LogP contribution >= 0.6 is 11.6 Å². The normalized spacial score (nSPS) is 21.7. The molecule has 1 unspecified atom stereocenters. The number of hydrogen-bond acceptors (Lipinski definition) is 4. The number of nitrogens with zero attached hydrogens (tertiary/aromatic N) is 3. The van der Waals surface area contributed by atoms with Crippen LogP contribution in [0.3, 0.4) is 0 Å². The van der Waals surface area contributed by atoms with Crippen LogP contribution < -0.4 is 10.2 Å². The molecular formula is C10H15ClN4. The molecule has 5 heteroatoms. The van der Waals surface area contributed by atoms with Crippen molar-refractivity contribution < 1.29 is 0 Å². The molecule has 1 aliphatic rings. The zero-order chi connectivity index (χ0) is 10.7. The number of hydrogen-bond donors (Lipinski definition) is 1. The molecule has 1 N–H and O–H groups in total. The first-order valence-electron chi connectivity index (χ1n) is 5.26. The Kier molecular flexibility index (Phi) is 3.38.